The van der Waals surface area contributed by atoms with Crippen LogP contribution in [0.15, 0.2) is 29.4 Å². The number of aromatic nitrogens is 4. The van der Waals surface area contributed by atoms with E-state index in [9.17, 15) is 26.4 Å². The molecule has 33 heavy (non-hydrogen) atoms. The Morgan fingerprint density at radius 2 is 1.91 bits per heavy atom. The second-order valence-electron chi connectivity index (χ2n) is 7.19. The Balaban J connectivity index is 2.17. The molecule has 13 heteroatoms. The molecule has 0 saturated carbocycles. The lowest BCUT2D eigenvalue weighted by atomic mass is 10.3. The molecule has 0 atom stereocenters. The maximum atomic E-state index is 13.1. The van der Waals surface area contributed by atoms with Crippen molar-refractivity contribution < 1.29 is 26.4 Å². The maximum Gasteiger partial charge on any atom is 0.433 e. The van der Waals surface area contributed by atoms with Gasteiger partial charge in [-0.05, 0) is 18.4 Å². The fourth-order valence-electron chi connectivity index (χ4n) is 3.13. The molecule has 0 radical (unpaired) electrons. The second kappa shape index (κ2) is 9.29. The molecule has 3 aromatic heterocycles. The van der Waals surface area contributed by atoms with Crippen LogP contribution < -0.4 is 4.90 Å². The van der Waals surface area contributed by atoms with Crippen molar-refractivity contribution in [2.24, 2.45) is 7.05 Å². The molecule has 0 aromatic carbocycles. The lowest BCUT2D eigenvalue weighted by molar-refractivity contribution is -0.141. The first kappa shape index (κ1) is 25.0. The number of imidazole rings is 1. The largest absolute Gasteiger partial charge is 0.433 e. The molecule has 0 fully saturated rings. The predicted molar refractivity (Wildman–Crippen MR) is 121 cm³/mol. The molecule has 0 saturated heterocycles. The molecule has 0 spiro atoms. The number of hydrogen-bond donors (Lipinski definition) is 0. The van der Waals surface area contributed by atoms with Gasteiger partial charge in [-0.25, -0.2) is 23.4 Å². The highest BCUT2D eigenvalue weighted by atomic mass is 32.2. The number of aryl methyl sites for hydroxylation is 1. The SMILES string of the molecule is CCS(=O)(=O)c1cc(N(C)C(=O)CCSC)cnc1-c1nc2cc(C(F)(F)F)ncc2n1C. The number of carbonyl (C=O) groups is 1. The van der Waals surface area contributed by atoms with Crippen LogP contribution in [0.25, 0.3) is 22.6 Å². The zero-order valence-corrected chi connectivity index (χ0v) is 20.0. The van der Waals surface area contributed by atoms with Crippen molar-refractivity contribution in [3.63, 3.8) is 0 Å². The Kier molecular flexibility index (Phi) is 7.03. The van der Waals surface area contributed by atoms with Crippen molar-refractivity contribution in [3.8, 4) is 11.5 Å². The van der Waals surface area contributed by atoms with Gasteiger partial charge in [0.15, 0.2) is 15.7 Å². The van der Waals surface area contributed by atoms with E-state index in [1.165, 1.54) is 54.5 Å². The van der Waals surface area contributed by atoms with Crippen LogP contribution in [0, 0.1) is 0 Å². The van der Waals surface area contributed by atoms with Crippen LogP contribution in [0.5, 0.6) is 0 Å². The monoisotopic (exact) mass is 501 g/mol. The van der Waals surface area contributed by atoms with Crippen molar-refractivity contribution >= 4 is 44.2 Å². The number of halogens is 3. The maximum absolute atomic E-state index is 13.1. The highest BCUT2D eigenvalue weighted by molar-refractivity contribution is 7.98. The van der Waals surface area contributed by atoms with Gasteiger partial charge in [0, 0.05) is 26.3 Å². The van der Waals surface area contributed by atoms with E-state index in [0.717, 1.165) is 12.3 Å². The molecule has 0 aliphatic carbocycles. The van der Waals surface area contributed by atoms with Crippen LogP contribution >= 0.6 is 11.8 Å². The average Bonchev–Trinajstić information content (AvgIpc) is 3.11. The number of hydrogen-bond acceptors (Lipinski definition) is 7. The van der Waals surface area contributed by atoms with E-state index in [1.807, 2.05) is 6.26 Å². The number of fused-ring (bicyclic) bond motifs is 1. The summed E-state index contributed by atoms with van der Waals surface area (Å²) >= 11 is 1.51. The van der Waals surface area contributed by atoms with Crippen molar-refractivity contribution in [2.45, 2.75) is 24.4 Å². The summed E-state index contributed by atoms with van der Waals surface area (Å²) in [6.07, 6.45) is -0.112. The number of rotatable bonds is 7. The van der Waals surface area contributed by atoms with Crippen molar-refractivity contribution in [2.75, 3.05) is 29.7 Å². The quantitative estimate of drug-likeness (QED) is 0.488. The molecule has 0 unspecified atom stereocenters. The Morgan fingerprint density at radius 3 is 2.52 bits per heavy atom. The van der Waals surface area contributed by atoms with E-state index in [2.05, 4.69) is 15.0 Å². The summed E-state index contributed by atoms with van der Waals surface area (Å²) in [7, 11) is -0.749. The van der Waals surface area contributed by atoms with E-state index in [4.69, 9.17) is 0 Å². The van der Waals surface area contributed by atoms with Gasteiger partial charge in [0.1, 0.15) is 11.4 Å². The van der Waals surface area contributed by atoms with E-state index in [-0.39, 0.29) is 51.2 Å². The van der Waals surface area contributed by atoms with Gasteiger partial charge < -0.3 is 9.47 Å². The summed E-state index contributed by atoms with van der Waals surface area (Å²) in [4.78, 5) is 25.5. The van der Waals surface area contributed by atoms with E-state index < -0.39 is 21.7 Å². The predicted octanol–water partition coefficient (Wildman–Crippen LogP) is 3.56. The standard InChI is InChI=1S/C20H22F3N5O3S2/c1-5-33(30,31)15-8-12(27(2)17(29)6-7-32-4)10-25-18(15)19-26-13-9-16(20(21,22)23)24-11-14(13)28(19)3/h8-11H,5-7H2,1-4H3. The molecule has 178 valence electrons. The van der Waals surface area contributed by atoms with Crippen LogP contribution in [0.3, 0.4) is 0 Å². The Bertz CT molecular complexity index is 1310. The molecule has 0 aliphatic heterocycles. The molecule has 8 nitrogen and oxygen atoms in total. The summed E-state index contributed by atoms with van der Waals surface area (Å²) in [5, 5.41) is 0. The number of anilines is 1. The van der Waals surface area contributed by atoms with Crippen LogP contribution in [0.1, 0.15) is 19.0 Å². The minimum Gasteiger partial charge on any atom is -0.324 e. The van der Waals surface area contributed by atoms with Gasteiger partial charge in [-0.1, -0.05) is 6.92 Å². The van der Waals surface area contributed by atoms with Gasteiger partial charge in [0.25, 0.3) is 0 Å². The van der Waals surface area contributed by atoms with Gasteiger partial charge in [-0.2, -0.15) is 24.9 Å². The summed E-state index contributed by atoms with van der Waals surface area (Å²) in [5.41, 5.74) is -0.540. The van der Waals surface area contributed by atoms with Crippen molar-refractivity contribution in [3.05, 3.63) is 30.2 Å². The molecule has 0 bridgehead atoms. The molecule has 3 aromatic rings. The number of nitrogens with zero attached hydrogens (tertiary/aromatic N) is 5. The molecular formula is C20H22F3N5O3S2. The normalized spacial score (nSPS) is 12.3. The first-order valence-corrected chi connectivity index (χ1v) is 12.8. The third-order valence-corrected chi connectivity index (χ3v) is 7.46. The van der Waals surface area contributed by atoms with Gasteiger partial charge in [-0.3, -0.25) is 4.79 Å². The van der Waals surface area contributed by atoms with Crippen molar-refractivity contribution in [1.29, 1.82) is 0 Å². The van der Waals surface area contributed by atoms with E-state index >= 15 is 0 Å². The third-order valence-electron chi connectivity index (χ3n) is 5.10. The first-order valence-electron chi connectivity index (χ1n) is 9.79. The topological polar surface area (TPSA) is 98.1 Å². The number of alkyl halides is 3. The highest BCUT2D eigenvalue weighted by Crippen LogP contribution is 2.33. The molecule has 0 N–H and O–H groups in total. The van der Waals surface area contributed by atoms with Gasteiger partial charge in [0.05, 0.1) is 39.8 Å². The number of thioether (sulfide) groups is 1. The zero-order chi connectivity index (χ0) is 24.6. The van der Waals surface area contributed by atoms with Gasteiger partial charge in [-0.15, -0.1) is 0 Å². The fourth-order valence-corrected chi connectivity index (χ4v) is 4.56. The van der Waals surface area contributed by atoms with Gasteiger partial charge >= 0.3 is 6.18 Å². The minimum absolute atomic E-state index is 0.00455. The summed E-state index contributed by atoms with van der Waals surface area (Å²) < 4.78 is 66.4. The first-order chi connectivity index (χ1) is 15.4. The number of amides is 1. The molecule has 0 aliphatic rings. The summed E-state index contributed by atoms with van der Waals surface area (Å²) in [5.74, 6) is 0.245. The van der Waals surface area contributed by atoms with Gasteiger partial charge in [0.2, 0.25) is 5.91 Å². The molecular weight excluding hydrogens is 479 g/mol. The second-order valence-corrected chi connectivity index (χ2v) is 10.4. The molecule has 3 rings (SSSR count). The average molecular weight is 502 g/mol. The number of carbonyl (C=O) groups excluding carboxylic acids is 1. The highest BCUT2D eigenvalue weighted by Gasteiger charge is 2.33. The minimum atomic E-state index is -4.64. The summed E-state index contributed by atoms with van der Waals surface area (Å²) in [6, 6.07) is 2.15. The molecule has 1 amide bonds. The lowest BCUT2D eigenvalue weighted by Crippen LogP contribution is -2.27. The van der Waals surface area contributed by atoms with Crippen LogP contribution in [0.2, 0.25) is 0 Å². The fraction of sp³-hybridized carbons (Fsp3) is 0.400. The third kappa shape index (κ3) is 4.98. The summed E-state index contributed by atoms with van der Waals surface area (Å²) in [6.45, 7) is 1.47. The Morgan fingerprint density at radius 1 is 1.21 bits per heavy atom. The smallest absolute Gasteiger partial charge is 0.324 e. The Labute approximate surface area is 193 Å². The van der Waals surface area contributed by atoms with E-state index in [0.29, 0.717) is 5.75 Å². The van der Waals surface area contributed by atoms with Crippen LogP contribution in [-0.2, 0) is 27.9 Å². The van der Waals surface area contributed by atoms with Crippen LogP contribution in [-0.4, -0.2) is 58.7 Å². The van der Waals surface area contributed by atoms with Crippen LogP contribution in [0.4, 0.5) is 18.9 Å². The lowest BCUT2D eigenvalue weighted by Gasteiger charge is -2.19. The number of pyridine rings is 2. The van der Waals surface area contributed by atoms with Crippen molar-refractivity contribution in [1.82, 2.24) is 19.5 Å². The zero-order valence-electron chi connectivity index (χ0n) is 18.3. The molecule has 3 heterocycles. The Hall–Kier alpha value is -2.67. The van der Waals surface area contributed by atoms with E-state index in [1.54, 1.807) is 0 Å². The number of sulfone groups is 1.